The molecule has 2 N–H and O–H groups in total. The SMILES string of the molecule is CCOc1ccc(NC(=O)NC(=O)COc2ccc(F)c(F)c2)cc1OCC. The van der Waals surface area contributed by atoms with E-state index in [0.29, 0.717) is 30.4 Å². The average Bonchev–Trinajstić information content (AvgIpc) is 2.65. The summed E-state index contributed by atoms with van der Waals surface area (Å²) in [6, 6.07) is 6.85. The Morgan fingerprint density at radius 3 is 2.29 bits per heavy atom. The molecule has 2 aromatic carbocycles. The smallest absolute Gasteiger partial charge is 0.325 e. The minimum Gasteiger partial charge on any atom is -0.490 e. The Kier molecular flexibility index (Phi) is 7.55. The standard InChI is InChI=1S/C19H20F2N2O5/c1-3-26-16-8-5-12(9-17(16)27-4-2)22-19(25)23-18(24)11-28-13-6-7-14(20)15(21)10-13/h5-10H,3-4,11H2,1-2H3,(H2,22,23,24,25). The van der Waals surface area contributed by atoms with Gasteiger partial charge in [-0.25, -0.2) is 13.6 Å². The van der Waals surface area contributed by atoms with E-state index in [0.717, 1.165) is 12.1 Å². The first-order chi connectivity index (χ1) is 13.4. The number of carbonyl (C=O) groups excluding carboxylic acids is 2. The molecule has 150 valence electrons. The van der Waals surface area contributed by atoms with Crippen LogP contribution in [0.1, 0.15) is 13.8 Å². The molecule has 0 unspecified atom stereocenters. The fraction of sp³-hybridized carbons (Fsp3) is 0.263. The van der Waals surface area contributed by atoms with E-state index in [1.54, 1.807) is 18.2 Å². The molecule has 28 heavy (non-hydrogen) atoms. The average molecular weight is 394 g/mol. The molecule has 0 saturated carbocycles. The number of anilines is 1. The second kappa shape index (κ2) is 10.1. The van der Waals surface area contributed by atoms with Crippen molar-refractivity contribution < 1.29 is 32.6 Å². The zero-order valence-corrected chi connectivity index (χ0v) is 15.4. The predicted molar refractivity (Wildman–Crippen MR) is 97.8 cm³/mol. The van der Waals surface area contributed by atoms with Crippen LogP contribution in [0.25, 0.3) is 0 Å². The third-order valence-corrected chi connectivity index (χ3v) is 3.32. The number of imide groups is 1. The molecule has 0 aliphatic heterocycles. The fourth-order valence-corrected chi connectivity index (χ4v) is 2.17. The van der Waals surface area contributed by atoms with Crippen LogP contribution in [-0.4, -0.2) is 31.8 Å². The van der Waals surface area contributed by atoms with E-state index >= 15 is 0 Å². The lowest BCUT2D eigenvalue weighted by Crippen LogP contribution is -2.37. The minimum atomic E-state index is -1.10. The largest absolute Gasteiger partial charge is 0.490 e. The van der Waals surface area contributed by atoms with Gasteiger partial charge in [-0.2, -0.15) is 0 Å². The number of halogens is 2. The van der Waals surface area contributed by atoms with Crippen LogP contribution < -0.4 is 24.8 Å². The summed E-state index contributed by atoms with van der Waals surface area (Å²) >= 11 is 0. The molecule has 0 fully saturated rings. The number of hydrogen-bond donors (Lipinski definition) is 2. The maximum Gasteiger partial charge on any atom is 0.325 e. The van der Waals surface area contributed by atoms with E-state index in [9.17, 15) is 18.4 Å². The van der Waals surface area contributed by atoms with E-state index in [1.807, 2.05) is 13.8 Å². The summed E-state index contributed by atoms with van der Waals surface area (Å²) in [5.74, 6) is -1.95. The highest BCUT2D eigenvalue weighted by molar-refractivity contribution is 6.01. The van der Waals surface area contributed by atoms with Crippen molar-refractivity contribution in [3.63, 3.8) is 0 Å². The van der Waals surface area contributed by atoms with E-state index in [-0.39, 0.29) is 5.75 Å². The van der Waals surface area contributed by atoms with Gasteiger partial charge in [0.1, 0.15) is 5.75 Å². The van der Waals surface area contributed by atoms with Crippen LogP contribution in [0.3, 0.4) is 0 Å². The zero-order chi connectivity index (χ0) is 20.5. The van der Waals surface area contributed by atoms with Crippen molar-refractivity contribution >= 4 is 17.6 Å². The minimum absolute atomic E-state index is 0.0395. The quantitative estimate of drug-likeness (QED) is 0.716. The summed E-state index contributed by atoms with van der Waals surface area (Å²) in [7, 11) is 0. The molecule has 0 bridgehead atoms. The van der Waals surface area contributed by atoms with Crippen molar-refractivity contribution in [1.82, 2.24) is 5.32 Å². The Labute approximate surface area is 160 Å². The van der Waals surface area contributed by atoms with E-state index in [2.05, 4.69) is 10.6 Å². The predicted octanol–water partition coefficient (Wildman–Crippen LogP) is 3.49. The molecule has 9 heteroatoms. The number of ether oxygens (including phenoxy) is 3. The van der Waals surface area contributed by atoms with Crippen LogP contribution in [-0.2, 0) is 4.79 Å². The van der Waals surface area contributed by atoms with E-state index in [1.165, 1.54) is 6.07 Å². The van der Waals surface area contributed by atoms with Gasteiger partial charge in [0.25, 0.3) is 5.91 Å². The Morgan fingerprint density at radius 2 is 1.61 bits per heavy atom. The van der Waals surface area contributed by atoms with Crippen molar-refractivity contribution in [1.29, 1.82) is 0 Å². The molecule has 7 nitrogen and oxygen atoms in total. The van der Waals surface area contributed by atoms with Gasteiger partial charge in [0.2, 0.25) is 0 Å². The normalized spacial score (nSPS) is 10.1. The van der Waals surface area contributed by atoms with Gasteiger partial charge in [-0.05, 0) is 38.1 Å². The molecule has 2 aromatic rings. The van der Waals surface area contributed by atoms with Gasteiger partial charge in [-0.3, -0.25) is 10.1 Å². The maximum absolute atomic E-state index is 13.1. The van der Waals surface area contributed by atoms with Crippen molar-refractivity contribution in [3.8, 4) is 17.2 Å². The molecule has 0 spiro atoms. The summed E-state index contributed by atoms with van der Waals surface area (Å²) < 4.78 is 41.8. The molecule has 2 rings (SSSR count). The van der Waals surface area contributed by atoms with Crippen LogP contribution in [0.15, 0.2) is 36.4 Å². The highest BCUT2D eigenvalue weighted by atomic mass is 19.2. The summed E-state index contributed by atoms with van der Waals surface area (Å²) in [5.41, 5.74) is 0.388. The molecule has 0 radical (unpaired) electrons. The number of benzene rings is 2. The summed E-state index contributed by atoms with van der Waals surface area (Å²) in [6.07, 6.45) is 0. The lowest BCUT2D eigenvalue weighted by atomic mass is 10.2. The van der Waals surface area contributed by atoms with Gasteiger partial charge in [0, 0.05) is 17.8 Å². The van der Waals surface area contributed by atoms with Gasteiger partial charge >= 0.3 is 6.03 Å². The monoisotopic (exact) mass is 394 g/mol. The first-order valence-electron chi connectivity index (χ1n) is 8.51. The molecule has 0 heterocycles. The van der Waals surface area contributed by atoms with E-state index < -0.39 is 30.2 Å². The Hall–Kier alpha value is -3.36. The Bertz CT molecular complexity index is 845. The first-order valence-corrected chi connectivity index (χ1v) is 8.51. The highest BCUT2D eigenvalue weighted by Crippen LogP contribution is 2.30. The molecule has 0 aliphatic rings. The van der Waals surface area contributed by atoms with Crippen LogP contribution in [0, 0.1) is 11.6 Å². The molecular formula is C19H20F2N2O5. The number of carbonyl (C=O) groups is 2. The molecule has 3 amide bonds. The highest BCUT2D eigenvalue weighted by Gasteiger charge is 2.12. The van der Waals surface area contributed by atoms with Gasteiger partial charge in [-0.15, -0.1) is 0 Å². The first kappa shape index (κ1) is 20.9. The van der Waals surface area contributed by atoms with Gasteiger partial charge in [0.05, 0.1) is 13.2 Å². The lowest BCUT2D eigenvalue weighted by molar-refractivity contribution is -0.121. The van der Waals surface area contributed by atoms with Crippen LogP contribution in [0.2, 0.25) is 0 Å². The number of hydrogen-bond acceptors (Lipinski definition) is 5. The number of amides is 3. The Balaban J connectivity index is 1.89. The third kappa shape index (κ3) is 6.11. The van der Waals surface area contributed by atoms with Crippen molar-refractivity contribution in [2.45, 2.75) is 13.8 Å². The molecule has 0 aliphatic carbocycles. The van der Waals surface area contributed by atoms with Gasteiger partial charge in [-0.1, -0.05) is 0 Å². The molecule has 0 saturated heterocycles. The maximum atomic E-state index is 13.1. The second-order valence-electron chi connectivity index (χ2n) is 5.39. The summed E-state index contributed by atoms with van der Waals surface area (Å²) in [5, 5.41) is 4.55. The molecule has 0 atom stereocenters. The van der Waals surface area contributed by atoms with Crippen LogP contribution >= 0.6 is 0 Å². The van der Waals surface area contributed by atoms with Crippen LogP contribution in [0.5, 0.6) is 17.2 Å². The fourth-order valence-electron chi connectivity index (χ4n) is 2.17. The van der Waals surface area contributed by atoms with Crippen molar-refractivity contribution in [2.75, 3.05) is 25.1 Å². The van der Waals surface area contributed by atoms with Gasteiger partial charge < -0.3 is 19.5 Å². The topological polar surface area (TPSA) is 85.9 Å². The number of rotatable bonds is 8. The van der Waals surface area contributed by atoms with Crippen LogP contribution in [0.4, 0.5) is 19.3 Å². The number of nitrogens with one attached hydrogen (secondary N) is 2. The Morgan fingerprint density at radius 1 is 0.893 bits per heavy atom. The number of urea groups is 1. The third-order valence-electron chi connectivity index (χ3n) is 3.32. The van der Waals surface area contributed by atoms with Crippen molar-refractivity contribution in [2.24, 2.45) is 0 Å². The summed E-state index contributed by atoms with van der Waals surface area (Å²) in [4.78, 5) is 23.7. The van der Waals surface area contributed by atoms with Gasteiger partial charge in [0.15, 0.2) is 29.7 Å². The second-order valence-corrected chi connectivity index (χ2v) is 5.39. The van der Waals surface area contributed by atoms with Crippen molar-refractivity contribution in [3.05, 3.63) is 48.0 Å². The lowest BCUT2D eigenvalue weighted by Gasteiger charge is -2.13. The molecular weight excluding hydrogens is 374 g/mol. The van der Waals surface area contributed by atoms with E-state index in [4.69, 9.17) is 14.2 Å². The molecule has 0 aromatic heterocycles. The zero-order valence-electron chi connectivity index (χ0n) is 15.4. The summed E-state index contributed by atoms with van der Waals surface area (Å²) in [6.45, 7) is 3.97.